The highest BCUT2D eigenvalue weighted by Gasteiger charge is 2.46. The molecular weight excluding hydrogens is 270 g/mol. The van der Waals surface area contributed by atoms with E-state index in [2.05, 4.69) is 42.2 Å². The number of piperidine rings is 1. The van der Waals surface area contributed by atoms with Crippen LogP contribution in [0.2, 0.25) is 0 Å². The van der Waals surface area contributed by atoms with Gasteiger partial charge in [0.15, 0.2) is 0 Å². The Labute approximate surface area is 135 Å². The molecule has 1 aromatic carbocycles. The van der Waals surface area contributed by atoms with Gasteiger partial charge in [-0.05, 0) is 37.7 Å². The number of nitrogens with zero attached hydrogens (tertiary/aromatic N) is 1. The minimum Gasteiger partial charge on any atom is -0.390 e. The molecule has 0 saturated carbocycles. The second kappa shape index (κ2) is 7.14. The van der Waals surface area contributed by atoms with E-state index in [0.29, 0.717) is 12.1 Å². The first kappa shape index (κ1) is 16.0. The number of benzene rings is 1. The molecule has 2 nitrogen and oxygen atoms in total. The molecule has 2 bridgehead atoms. The highest BCUT2D eigenvalue weighted by Crippen LogP contribution is 2.43. The highest BCUT2D eigenvalue weighted by atomic mass is 16.3. The summed E-state index contributed by atoms with van der Waals surface area (Å²) in [4.78, 5) is 2.66. The molecule has 2 atom stereocenters. The van der Waals surface area contributed by atoms with E-state index in [4.69, 9.17) is 0 Å². The van der Waals surface area contributed by atoms with Crippen LogP contribution in [0.15, 0.2) is 30.3 Å². The van der Waals surface area contributed by atoms with Gasteiger partial charge >= 0.3 is 0 Å². The minimum absolute atomic E-state index is 0.382. The molecule has 3 rings (SSSR count). The van der Waals surface area contributed by atoms with E-state index in [-0.39, 0.29) is 5.60 Å². The van der Waals surface area contributed by atoms with Crippen molar-refractivity contribution in [2.75, 3.05) is 0 Å². The Morgan fingerprint density at radius 3 is 2.36 bits per heavy atom. The summed E-state index contributed by atoms with van der Waals surface area (Å²) < 4.78 is 0. The molecular formula is C20H31NO. The quantitative estimate of drug-likeness (QED) is 0.749. The molecule has 0 amide bonds. The average molecular weight is 301 g/mol. The maximum atomic E-state index is 11.0. The molecule has 2 aliphatic rings. The Balaban J connectivity index is 1.56. The van der Waals surface area contributed by atoms with Crippen molar-refractivity contribution in [3.63, 3.8) is 0 Å². The van der Waals surface area contributed by atoms with Crippen LogP contribution in [0.1, 0.15) is 70.3 Å². The second-order valence-corrected chi connectivity index (χ2v) is 7.49. The van der Waals surface area contributed by atoms with E-state index in [1.54, 1.807) is 0 Å². The third kappa shape index (κ3) is 3.72. The Kier molecular flexibility index (Phi) is 5.20. The average Bonchev–Trinajstić information content (AvgIpc) is 2.77. The number of aliphatic hydroxyl groups is 1. The summed E-state index contributed by atoms with van der Waals surface area (Å²) in [6.07, 6.45) is 10.6. The SMILES string of the molecule is CCCCCCC1(O)CC2CCC(C1)N2Cc1ccccc1. The zero-order valence-electron chi connectivity index (χ0n) is 14.0. The fourth-order valence-electron chi connectivity index (χ4n) is 4.55. The molecule has 1 N–H and O–H groups in total. The van der Waals surface area contributed by atoms with E-state index in [0.717, 1.165) is 25.8 Å². The van der Waals surface area contributed by atoms with Gasteiger partial charge in [-0.1, -0.05) is 62.9 Å². The molecule has 2 heterocycles. The van der Waals surface area contributed by atoms with Crippen molar-refractivity contribution >= 4 is 0 Å². The maximum absolute atomic E-state index is 11.0. The summed E-state index contributed by atoms with van der Waals surface area (Å²) in [6.45, 7) is 3.30. The van der Waals surface area contributed by atoms with Crippen LogP contribution in [0.3, 0.4) is 0 Å². The Bertz CT molecular complexity index is 444. The van der Waals surface area contributed by atoms with E-state index < -0.39 is 0 Å². The number of rotatable bonds is 7. The van der Waals surface area contributed by atoms with Crippen LogP contribution in [-0.2, 0) is 6.54 Å². The van der Waals surface area contributed by atoms with Gasteiger partial charge in [0.1, 0.15) is 0 Å². The topological polar surface area (TPSA) is 23.5 Å². The van der Waals surface area contributed by atoms with Crippen LogP contribution in [-0.4, -0.2) is 27.7 Å². The number of unbranched alkanes of at least 4 members (excludes halogenated alkanes) is 3. The number of hydrogen-bond donors (Lipinski definition) is 1. The zero-order valence-corrected chi connectivity index (χ0v) is 14.0. The van der Waals surface area contributed by atoms with Crippen molar-refractivity contribution in [1.82, 2.24) is 4.90 Å². The second-order valence-electron chi connectivity index (χ2n) is 7.49. The predicted octanol–water partition coefficient (Wildman–Crippen LogP) is 4.51. The van der Waals surface area contributed by atoms with Gasteiger partial charge in [0.05, 0.1) is 5.60 Å². The fourth-order valence-corrected chi connectivity index (χ4v) is 4.55. The zero-order chi connectivity index (χ0) is 15.4. The Hall–Kier alpha value is -0.860. The van der Waals surface area contributed by atoms with Gasteiger partial charge in [0, 0.05) is 18.6 Å². The van der Waals surface area contributed by atoms with Gasteiger partial charge in [-0.3, -0.25) is 4.90 Å². The van der Waals surface area contributed by atoms with Gasteiger partial charge in [-0.2, -0.15) is 0 Å². The smallest absolute Gasteiger partial charge is 0.0677 e. The van der Waals surface area contributed by atoms with Crippen molar-refractivity contribution < 1.29 is 5.11 Å². The first-order valence-corrected chi connectivity index (χ1v) is 9.22. The predicted molar refractivity (Wildman–Crippen MR) is 91.7 cm³/mol. The van der Waals surface area contributed by atoms with Gasteiger partial charge < -0.3 is 5.11 Å². The lowest BCUT2D eigenvalue weighted by Gasteiger charge is -2.44. The van der Waals surface area contributed by atoms with Gasteiger partial charge in [0.2, 0.25) is 0 Å². The molecule has 0 spiro atoms. The lowest BCUT2D eigenvalue weighted by atomic mass is 9.82. The Morgan fingerprint density at radius 1 is 1.05 bits per heavy atom. The number of fused-ring (bicyclic) bond motifs is 2. The van der Waals surface area contributed by atoms with Crippen LogP contribution in [0.4, 0.5) is 0 Å². The van der Waals surface area contributed by atoms with Gasteiger partial charge in [0.25, 0.3) is 0 Å². The summed E-state index contributed by atoms with van der Waals surface area (Å²) in [6, 6.07) is 12.0. The van der Waals surface area contributed by atoms with Crippen molar-refractivity contribution in [3.8, 4) is 0 Å². The lowest BCUT2D eigenvalue weighted by molar-refractivity contribution is -0.0610. The standard InChI is InChI=1S/C20H31NO/c1-2-3-4-8-13-20(22)14-18-11-12-19(15-20)21(18)16-17-9-6-5-7-10-17/h5-7,9-10,18-19,22H,2-4,8,11-16H2,1H3. The highest BCUT2D eigenvalue weighted by molar-refractivity contribution is 5.16. The van der Waals surface area contributed by atoms with E-state index in [9.17, 15) is 5.11 Å². The summed E-state index contributed by atoms with van der Waals surface area (Å²) in [5.41, 5.74) is 1.03. The molecule has 2 heteroatoms. The summed E-state index contributed by atoms with van der Waals surface area (Å²) in [5, 5.41) is 11.0. The molecule has 0 aliphatic carbocycles. The van der Waals surface area contributed by atoms with E-state index in [1.807, 2.05) is 0 Å². The third-order valence-electron chi connectivity index (χ3n) is 5.71. The molecule has 22 heavy (non-hydrogen) atoms. The molecule has 2 saturated heterocycles. The molecule has 122 valence electrons. The summed E-state index contributed by atoms with van der Waals surface area (Å²) in [5.74, 6) is 0. The maximum Gasteiger partial charge on any atom is 0.0677 e. The largest absolute Gasteiger partial charge is 0.390 e. The summed E-state index contributed by atoms with van der Waals surface area (Å²) >= 11 is 0. The van der Waals surface area contributed by atoms with Crippen LogP contribution in [0.25, 0.3) is 0 Å². The summed E-state index contributed by atoms with van der Waals surface area (Å²) in [7, 11) is 0. The normalized spacial score (nSPS) is 31.5. The first-order chi connectivity index (χ1) is 10.7. The molecule has 1 aromatic rings. The molecule has 2 aliphatic heterocycles. The van der Waals surface area contributed by atoms with Crippen molar-refractivity contribution in [2.45, 2.75) is 88.9 Å². The minimum atomic E-state index is -0.382. The number of hydrogen-bond acceptors (Lipinski definition) is 2. The third-order valence-corrected chi connectivity index (χ3v) is 5.71. The molecule has 2 unspecified atom stereocenters. The molecule has 0 radical (unpaired) electrons. The van der Waals surface area contributed by atoms with Crippen LogP contribution >= 0.6 is 0 Å². The van der Waals surface area contributed by atoms with Gasteiger partial charge in [-0.15, -0.1) is 0 Å². The van der Waals surface area contributed by atoms with Gasteiger partial charge in [-0.25, -0.2) is 0 Å². The fraction of sp³-hybridized carbons (Fsp3) is 0.700. The molecule has 0 aromatic heterocycles. The monoisotopic (exact) mass is 301 g/mol. The Morgan fingerprint density at radius 2 is 1.73 bits per heavy atom. The van der Waals surface area contributed by atoms with E-state index >= 15 is 0 Å². The lowest BCUT2D eigenvalue weighted by Crippen LogP contribution is -2.50. The van der Waals surface area contributed by atoms with Crippen molar-refractivity contribution in [3.05, 3.63) is 35.9 Å². The first-order valence-electron chi connectivity index (χ1n) is 9.22. The van der Waals surface area contributed by atoms with Crippen LogP contribution < -0.4 is 0 Å². The molecule has 2 fully saturated rings. The van der Waals surface area contributed by atoms with Crippen molar-refractivity contribution in [1.29, 1.82) is 0 Å². The van der Waals surface area contributed by atoms with Crippen molar-refractivity contribution in [2.24, 2.45) is 0 Å². The van der Waals surface area contributed by atoms with E-state index in [1.165, 1.54) is 44.1 Å². The van der Waals surface area contributed by atoms with Crippen LogP contribution in [0.5, 0.6) is 0 Å². The van der Waals surface area contributed by atoms with Crippen LogP contribution in [0, 0.1) is 0 Å².